The van der Waals surface area contributed by atoms with Gasteiger partial charge in [-0.3, -0.25) is 14.5 Å². The smallest absolute Gasteiger partial charge is 0.244 e. The lowest BCUT2D eigenvalue weighted by Gasteiger charge is -2.20. The van der Waals surface area contributed by atoms with Crippen molar-refractivity contribution in [2.45, 2.75) is 6.42 Å². The summed E-state index contributed by atoms with van der Waals surface area (Å²) in [6.07, 6.45) is 1.56. The molecule has 33 heavy (non-hydrogen) atoms. The minimum Gasteiger partial charge on any atom is -0.493 e. The van der Waals surface area contributed by atoms with Crippen molar-refractivity contribution >= 4 is 46.3 Å². The van der Waals surface area contributed by atoms with E-state index in [0.717, 1.165) is 5.56 Å². The van der Waals surface area contributed by atoms with Crippen molar-refractivity contribution < 1.29 is 19.1 Å². The van der Waals surface area contributed by atoms with Crippen molar-refractivity contribution in [1.29, 1.82) is 0 Å². The van der Waals surface area contributed by atoms with Crippen molar-refractivity contribution in [1.82, 2.24) is 4.98 Å². The van der Waals surface area contributed by atoms with Crippen LogP contribution < -0.4 is 19.7 Å². The summed E-state index contributed by atoms with van der Waals surface area (Å²) in [5.74, 6) is 0.656. The first-order chi connectivity index (χ1) is 16.0. The van der Waals surface area contributed by atoms with Crippen molar-refractivity contribution in [3.63, 3.8) is 0 Å². The van der Waals surface area contributed by atoms with Crippen LogP contribution >= 0.6 is 11.6 Å². The molecule has 0 bridgehead atoms. The highest BCUT2D eigenvalue weighted by Gasteiger charge is 2.28. The van der Waals surface area contributed by atoms with E-state index in [2.05, 4.69) is 15.3 Å². The van der Waals surface area contributed by atoms with Crippen LogP contribution in [-0.4, -0.2) is 43.3 Å². The zero-order chi connectivity index (χ0) is 23.4. The first-order valence-electron chi connectivity index (χ1n) is 10.1. The second-order valence-corrected chi connectivity index (χ2v) is 7.63. The fourth-order valence-electron chi connectivity index (χ4n) is 3.48. The molecule has 1 aliphatic rings. The minimum absolute atomic E-state index is 0.000338. The highest BCUT2D eigenvalue weighted by Crippen LogP contribution is 2.32. The average Bonchev–Trinajstić information content (AvgIpc) is 2.95. The number of aromatic nitrogens is 1. The summed E-state index contributed by atoms with van der Waals surface area (Å²) in [5.41, 5.74) is 2.30. The van der Waals surface area contributed by atoms with Crippen LogP contribution in [0.2, 0.25) is 5.02 Å². The lowest BCUT2D eigenvalue weighted by Crippen LogP contribution is -2.39. The van der Waals surface area contributed by atoms with Gasteiger partial charge in [-0.2, -0.15) is 0 Å². The fraction of sp³-hybridized carbons (Fsp3) is 0.167. The quantitative estimate of drug-likeness (QED) is 0.588. The minimum atomic E-state index is -0.390. The monoisotopic (exact) mass is 464 g/mol. The van der Waals surface area contributed by atoms with Gasteiger partial charge in [-0.25, -0.2) is 9.98 Å². The zero-order valence-electron chi connectivity index (χ0n) is 18.0. The number of pyridine rings is 1. The SMILES string of the molecule is COc1ccc(NC(=O)CN2C(=O)CC(c3cccc(Cl)c3)=Nc3cccnc32)cc1OC. The van der Waals surface area contributed by atoms with Crippen LogP contribution in [0.3, 0.4) is 0 Å². The van der Waals surface area contributed by atoms with E-state index < -0.39 is 5.91 Å². The Bertz CT molecular complexity index is 1240. The van der Waals surface area contributed by atoms with Gasteiger partial charge in [0, 0.05) is 23.0 Å². The summed E-state index contributed by atoms with van der Waals surface area (Å²) in [7, 11) is 3.05. The Balaban J connectivity index is 1.58. The molecule has 8 nitrogen and oxygen atoms in total. The number of benzene rings is 2. The number of amides is 2. The van der Waals surface area contributed by atoms with Crippen molar-refractivity contribution in [3.05, 3.63) is 71.4 Å². The number of nitrogens with zero attached hydrogens (tertiary/aromatic N) is 3. The summed E-state index contributed by atoms with van der Waals surface area (Å²) < 4.78 is 10.5. The molecular formula is C24H21ClN4O4. The number of methoxy groups -OCH3 is 2. The summed E-state index contributed by atoms with van der Waals surface area (Å²) in [6.45, 7) is -0.227. The number of ether oxygens (including phenoxy) is 2. The second-order valence-electron chi connectivity index (χ2n) is 7.19. The molecule has 0 saturated carbocycles. The third kappa shape index (κ3) is 4.96. The largest absolute Gasteiger partial charge is 0.493 e. The number of halogens is 1. The molecule has 0 fully saturated rings. The standard InChI is InChI=1S/C24H21ClN4O4/c1-32-20-9-8-17(12-21(20)33-2)27-22(30)14-29-23(31)13-19(15-5-3-6-16(25)11-15)28-18-7-4-10-26-24(18)29/h3-12H,13-14H2,1-2H3,(H,27,30). The van der Waals surface area contributed by atoms with Gasteiger partial charge in [0.2, 0.25) is 11.8 Å². The number of carbonyl (C=O) groups is 2. The lowest BCUT2D eigenvalue weighted by atomic mass is 10.1. The Morgan fingerprint density at radius 3 is 2.67 bits per heavy atom. The van der Waals surface area contributed by atoms with Gasteiger partial charge in [-0.05, 0) is 42.0 Å². The Labute approximate surface area is 195 Å². The molecule has 2 amide bonds. The molecule has 1 N–H and O–H groups in total. The van der Waals surface area contributed by atoms with E-state index in [1.54, 1.807) is 54.7 Å². The number of fused-ring (bicyclic) bond motifs is 1. The third-order valence-corrected chi connectivity index (χ3v) is 5.26. The first-order valence-corrected chi connectivity index (χ1v) is 10.5. The third-order valence-electron chi connectivity index (χ3n) is 5.02. The van der Waals surface area contributed by atoms with E-state index in [9.17, 15) is 9.59 Å². The van der Waals surface area contributed by atoms with E-state index in [0.29, 0.717) is 39.4 Å². The lowest BCUT2D eigenvalue weighted by molar-refractivity contribution is -0.120. The highest BCUT2D eigenvalue weighted by atomic mass is 35.5. The van der Waals surface area contributed by atoms with Crippen LogP contribution in [0.1, 0.15) is 12.0 Å². The molecule has 0 saturated heterocycles. The van der Waals surface area contributed by atoms with Crippen LogP contribution in [0.4, 0.5) is 17.2 Å². The summed E-state index contributed by atoms with van der Waals surface area (Å²) in [4.78, 5) is 36.3. The summed E-state index contributed by atoms with van der Waals surface area (Å²) in [6, 6.07) is 15.7. The highest BCUT2D eigenvalue weighted by molar-refractivity contribution is 6.31. The summed E-state index contributed by atoms with van der Waals surface area (Å²) in [5, 5.41) is 3.33. The van der Waals surface area contributed by atoms with E-state index in [4.69, 9.17) is 21.1 Å². The molecule has 0 spiro atoms. The molecule has 0 atom stereocenters. The maximum Gasteiger partial charge on any atom is 0.244 e. The van der Waals surface area contributed by atoms with E-state index in [1.807, 2.05) is 6.07 Å². The van der Waals surface area contributed by atoms with Gasteiger partial charge in [0.1, 0.15) is 12.2 Å². The van der Waals surface area contributed by atoms with Gasteiger partial charge in [-0.15, -0.1) is 0 Å². The van der Waals surface area contributed by atoms with E-state index >= 15 is 0 Å². The summed E-state index contributed by atoms with van der Waals surface area (Å²) >= 11 is 6.12. The van der Waals surface area contributed by atoms with Gasteiger partial charge in [0.15, 0.2) is 17.3 Å². The van der Waals surface area contributed by atoms with Crippen LogP contribution in [0.15, 0.2) is 65.8 Å². The van der Waals surface area contributed by atoms with Gasteiger partial charge in [0.25, 0.3) is 0 Å². The molecule has 3 aromatic rings. The van der Waals surface area contributed by atoms with Crippen molar-refractivity contribution in [2.75, 3.05) is 31.0 Å². The number of carbonyl (C=O) groups excluding carboxylic acids is 2. The molecule has 1 aliphatic heterocycles. The number of nitrogens with one attached hydrogen (secondary N) is 1. The van der Waals surface area contributed by atoms with Crippen molar-refractivity contribution in [3.8, 4) is 11.5 Å². The number of hydrogen-bond acceptors (Lipinski definition) is 6. The molecule has 2 aromatic carbocycles. The normalized spacial score (nSPS) is 13.0. The van der Waals surface area contributed by atoms with Crippen LogP contribution in [0.5, 0.6) is 11.5 Å². The van der Waals surface area contributed by atoms with Gasteiger partial charge >= 0.3 is 0 Å². The maximum atomic E-state index is 13.2. The Morgan fingerprint density at radius 2 is 1.91 bits per heavy atom. The first kappa shape index (κ1) is 22.3. The van der Waals surface area contributed by atoms with E-state index in [-0.39, 0.29) is 18.9 Å². The number of rotatable bonds is 6. The van der Waals surface area contributed by atoms with Crippen molar-refractivity contribution in [2.24, 2.45) is 4.99 Å². The van der Waals surface area contributed by atoms with Gasteiger partial charge in [0.05, 0.1) is 26.4 Å². The van der Waals surface area contributed by atoms with Crippen LogP contribution in [0.25, 0.3) is 0 Å². The van der Waals surface area contributed by atoms with Gasteiger partial charge in [-0.1, -0.05) is 23.7 Å². The number of hydrogen-bond donors (Lipinski definition) is 1. The fourth-order valence-corrected chi connectivity index (χ4v) is 3.67. The predicted octanol–water partition coefficient (Wildman–Crippen LogP) is 4.25. The van der Waals surface area contributed by atoms with E-state index in [1.165, 1.54) is 19.1 Å². The topological polar surface area (TPSA) is 93.1 Å². The molecule has 1 aromatic heterocycles. The molecule has 4 rings (SSSR count). The molecule has 2 heterocycles. The molecule has 168 valence electrons. The molecule has 0 unspecified atom stereocenters. The molecule has 9 heteroatoms. The predicted molar refractivity (Wildman–Crippen MR) is 127 cm³/mol. The second kappa shape index (κ2) is 9.70. The molecular weight excluding hydrogens is 444 g/mol. The zero-order valence-corrected chi connectivity index (χ0v) is 18.8. The molecule has 0 radical (unpaired) electrons. The van der Waals surface area contributed by atoms with Crippen LogP contribution in [-0.2, 0) is 9.59 Å². The maximum absolute atomic E-state index is 13.2. The number of anilines is 2. The molecule has 0 aliphatic carbocycles. The average molecular weight is 465 g/mol. The number of aliphatic imine (C=N–C) groups is 1. The Hall–Kier alpha value is -3.91. The Kier molecular flexibility index (Phi) is 6.55. The van der Waals surface area contributed by atoms with Crippen LogP contribution in [0, 0.1) is 0 Å². The Morgan fingerprint density at radius 1 is 1.09 bits per heavy atom. The van der Waals surface area contributed by atoms with Gasteiger partial charge < -0.3 is 14.8 Å².